The summed E-state index contributed by atoms with van der Waals surface area (Å²) in [5.74, 6) is 1.26. The molecule has 0 fully saturated rings. The molecule has 0 aliphatic carbocycles. The zero-order valence-corrected chi connectivity index (χ0v) is 10.3. The van der Waals surface area contributed by atoms with Gasteiger partial charge in [-0.25, -0.2) is 0 Å². The van der Waals surface area contributed by atoms with Gasteiger partial charge >= 0.3 is 0 Å². The second-order valence-electron chi connectivity index (χ2n) is 4.13. The van der Waals surface area contributed by atoms with Crippen LogP contribution in [0, 0.1) is 0 Å². The van der Waals surface area contributed by atoms with Crippen LogP contribution >= 0.6 is 0 Å². The lowest BCUT2D eigenvalue weighted by Gasteiger charge is -2.04. The number of nitrogens with zero attached hydrogens (tertiary/aromatic N) is 2. The Labute approximate surface area is 109 Å². The number of carbonyl (C=O) groups is 1. The molecular formula is C14H11N3O2. The molecule has 0 radical (unpaired) electrons. The molecule has 0 aliphatic heterocycles. The standard InChI is InChI=1S/C14H11N3O2/c1-9(18)14-12-5-4-10(7-13(12)16-17-14)19-11-3-2-6-15-8-11/h2-8H,1H3,(H,16,17). The van der Waals surface area contributed by atoms with Crippen molar-refractivity contribution >= 4 is 16.7 Å². The number of benzene rings is 1. The third kappa shape index (κ3) is 2.18. The summed E-state index contributed by atoms with van der Waals surface area (Å²) in [7, 11) is 0. The maximum Gasteiger partial charge on any atom is 0.180 e. The molecule has 0 amide bonds. The molecule has 0 bridgehead atoms. The molecule has 0 saturated carbocycles. The van der Waals surface area contributed by atoms with Crippen molar-refractivity contribution in [1.29, 1.82) is 0 Å². The van der Waals surface area contributed by atoms with E-state index in [1.165, 1.54) is 6.92 Å². The molecule has 5 nitrogen and oxygen atoms in total. The number of pyridine rings is 1. The second kappa shape index (κ2) is 4.53. The minimum Gasteiger partial charge on any atom is -0.456 e. The van der Waals surface area contributed by atoms with E-state index in [1.807, 2.05) is 18.2 Å². The SMILES string of the molecule is CC(=O)c1n[nH]c2cc(Oc3cccnc3)ccc12. The zero-order chi connectivity index (χ0) is 13.2. The van der Waals surface area contributed by atoms with Gasteiger partial charge < -0.3 is 4.74 Å². The second-order valence-corrected chi connectivity index (χ2v) is 4.13. The van der Waals surface area contributed by atoms with Gasteiger partial charge in [-0.1, -0.05) is 0 Å². The summed E-state index contributed by atoms with van der Waals surface area (Å²) in [6.07, 6.45) is 3.32. The van der Waals surface area contributed by atoms with Crippen LogP contribution in [0.15, 0.2) is 42.7 Å². The van der Waals surface area contributed by atoms with Gasteiger partial charge in [-0.2, -0.15) is 5.10 Å². The first-order valence-corrected chi connectivity index (χ1v) is 5.81. The number of nitrogens with one attached hydrogen (secondary N) is 1. The molecule has 3 aromatic rings. The molecule has 0 unspecified atom stereocenters. The normalized spacial score (nSPS) is 10.6. The third-order valence-corrected chi connectivity index (χ3v) is 2.74. The van der Waals surface area contributed by atoms with E-state index in [-0.39, 0.29) is 5.78 Å². The smallest absolute Gasteiger partial charge is 0.180 e. The lowest BCUT2D eigenvalue weighted by atomic mass is 10.1. The minimum atomic E-state index is -0.0628. The van der Waals surface area contributed by atoms with E-state index < -0.39 is 0 Å². The van der Waals surface area contributed by atoms with Gasteiger partial charge in [-0.05, 0) is 24.3 Å². The molecule has 1 N–H and O–H groups in total. The van der Waals surface area contributed by atoms with Crippen molar-refractivity contribution in [1.82, 2.24) is 15.2 Å². The van der Waals surface area contributed by atoms with Crippen LogP contribution in [-0.4, -0.2) is 21.0 Å². The molecule has 94 valence electrons. The lowest BCUT2D eigenvalue weighted by molar-refractivity contribution is 0.101. The van der Waals surface area contributed by atoms with Gasteiger partial charge in [0.2, 0.25) is 0 Å². The fourth-order valence-corrected chi connectivity index (χ4v) is 1.87. The van der Waals surface area contributed by atoms with Crippen molar-refractivity contribution < 1.29 is 9.53 Å². The Balaban J connectivity index is 1.97. The van der Waals surface area contributed by atoms with Crippen molar-refractivity contribution in [2.45, 2.75) is 6.92 Å². The lowest BCUT2D eigenvalue weighted by Crippen LogP contribution is -1.92. The minimum absolute atomic E-state index is 0.0628. The summed E-state index contributed by atoms with van der Waals surface area (Å²) in [5, 5.41) is 7.63. The highest BCUT2D eigenvalue weighted by molar-refractivity contribution is 6.04. The number of aromatic amines is 1. The van der Waals surface area contributed by atoms with Crippen LogP contribution in [0.5, 0.6) is 11.5 Å². The molecule has 0 aliphatic rings. The first-order chi connectivity index (χ1) is 9.24. The van der Waals surface area contributed by atoms with Crippen LogP contribution in [0.1, 0.15) is 17.4 Å². The summed E-state index contributed by atoms with van der Waals surface area (Å²) in [5.41, 5.74) is 1.22. The van der Waals surface area contributed by atoms with Crippen LogP contribution in [0.3, 0.4) is 0 Å². The highest BCUT2D eigenvalue weighted by Crippen LogP contribution is 2.25. The fraction of sp³-hybridized carbons (Fsp3) is 0.0714. The molecule has 0 spiro atoms. The fourth-order valence-electron chi connectivity index (χ4n) is 1.87. The molecule has 2 heterocycles. The van der Waals surface area contributed by atoms with Gasteiger partial charge in [0.15, 0.2) is 5.78 Å². The number of aromatic nitrogens is 3. The van der Waals surface area contributed by atoms with Crippen LogP contribution in [0.25, 0.3) is 10.9 Å². The summed E-state index contributed by atoms with van der Waals surface area (Å²) in [6.45, 7) is 1.50. The van der Waals surface area contributed by atoms with Crippen LogP contribution < -0.4 is 4.74 Å². The Kier molecular flexibility index (Phi) is 2.72. The molecular weight excluding hydrogens is 242 g/mol. The molecule has 1 aromatic carbocycles. The molecule has 2 aromatic heterocycles. The maximum absolute atomic E-state index is 11.4. The number of ketones is 1. The Morgan fingerprint density at radius 2 is 2.16 bits per heavy atom. The van der Waals surface area contributed by atoms with Crippen LogP contribution in [-0.2, 0) is 0 Å². The van der Waals surface area contributed by atoms with Gasteiger partial charge in [0, 0.05) is 24.6 Å². The van der Waals surface area contributed by atoms with Crippen molar-refractivity contribution in [2.75, 3.05) is 0 Å². The van der Waals surface area contributed by atoms with E-state index in [0.29, 0.717) is 17.2 Å². The largest absolute Gasteiger partial charge is 0.456 e. The first kappa shape index (κ1) is 11.4. The van der Waals surface area contributed by atoms with Gasteiger partial charge in [0.05, 0.1) is 11.7 Å². The van der Waals surface area contributed by atoms with Gasteiger partial charge in [0.1, 0.15) is 17.2 Å². The summed E-state index contributed by atoms with van der Waals surface area (Å²) >= 11 is 0. The Morgan fingerprint density at radius 1 is 1.26 bits per heavy atom. The number of fused-ring (bicyclic) bond motifs is 1. The van der Waals surface area contributed by atoms with E-state index in [9.17, 15) is 4.79 Å². The Morgan fingerprint density at radius 3 is 2.89 bits per heavy atom. The van der Waals surface area contributed by atoms with Crippen molar-refractivity contribution in [2.24, 2.45) is 0 Å². The number of hydrogen-bond donors (Lipinski definition) is 1. The van der Waals surface area contributed by atoms with E-state index in [2.05, 4.69) is 15.2 Å². The summed E-state index contributed by atoms with van der Waals surface area (Å²) in [6, 6.07) is 9.06. The Hall–Kier alpha value is -2.69. The average molecular weight is 253 g/mol. The van der Waals surface area contributed by atoms with Crippen molar-refractivity contribution in [3.63, 3.8) is 0 Å². The van der Waals surface area contributed by atoms with Crippen LogP contribution in [0.4, 0.5) is 0 Å². The van der Waals surface area contributed by atoms with E-state index in [0.717, 1.165) is 10.9 Å². The van der Waals surface area contributed by atoms with E-state index in [1.54, 1.807) is 24.5 Å². The molecule has 19 heavy (non-hydrogen) atoms. The van der Waals surface area contributed by atoms with Gasteiger partial charge in [-0.3, -0.25) is 14.9 Å². The van der Waals surface area contributed by atoms with Crippen LogP contribution in [0.2, 0.25) is 0 Å². The highest BCUT2D eigenvalue weighted by atomic mass is 16.5. The predicted molar refractivity (Wildman–Crippen MR) is 70.4 cm³/mol. The number of hydrogen-bond acceptors (Lipinski definition) is 4. The molecule has 0 saturated heterocycles. The summed E-state index contributed by atoms with van der Waals surface area (Å²) < 4.78 is 5.66. The zero-order valence-electron chi connectivity index (χ0n) is 10.3. The van der Waals surface area contributed by atoms with E-state index >= 15 is 0 Å². The van der Waals surface area contributed by atoms with Crippen molar-refractivity contribution in [3.05, 3.63) is 48.4 Å². The van der Waals surface area contributed by atoms with Crippen molar-refractivity contribution in [3.8, 4) is 11.5 Å². The Bertz CT molecular complexity index is 735. The third-order valence-electron chi connectivity index (χ3n) is 2.74. The number of H-pyrrole nitrogens is 1. The molecule has 3 rings (SSSR count). The molecule has 0 atom stereocenters. The number of carbonyl (C=O) groups excluding carboxylic acids is 1. The number of rotatable bonds is 3. The average Bonchev–Trinajstić information content (AvgIpc) is 2.83. The number of Topliss-reactive ketones (excluding diaryl/α,β-unsaturated/α-hetero) is 1. The van der Waals surface area contributed by atoms with E-state index in [4.69, 9.17) is 4.74 Å². The molecule has 5 heteroatoms. The monoisotopic (exact) mass is 253 g/mol. The highest BCUT2D eigenvalue weighted by Gasteiger charge is 2.10. The maximum atomic E-state index is 11.4. The van der Waals surface area contributed by atoms with Gasteiger partial charge in [-0.15, -0.1) is 0 Å². The topological polar surface area (TPSA) is 67.9 Å². The van der Waals surface area contributed by atoms with Gasteiger partial charge in [0.25, 0.3) is 0 Å². The predicted octanol–water partition coefficient (Wildman–Crippen LogP) is 2.95. The summed E-state index contributed by atoms with van der Waals surface area (Å²) in [4.78, 5) is 15.4. The first-order valence-electron chi connectivity index (χ1n) is 5.81. The number of ether oxygens (including phenoxy) is 1. The quantitative estimate of drug-likeness (QED) is 0.728.